The number of benzene rings is 1. The van der Waals surface area contributed by atoms with Gasteiger partial charge in [-0.05, 0) is 37.3 Å². The predicted octanol–water partition coefficient (Wildman–Crippen LogP) is 2.45. The lowest BCUT2D eigenvalue weighted by Crippen LogP contribution is -2.23. The van der Waals surface area contributed by atoms with Gasteiger partial charge < -0.3 is 5.32 Å². The third-order valence-electron chi connectivity index (χ3n) is 2.98. The van der Waals surface area contributed by atoms with Crippen molar-refractivity contribution < 1.29 is 26.4 Å². The van der Waals surface area contributed by atoms with Crippen molar-refractivity contribution in [3.05, 3.63) is 42.2 Å². The van der Waals surface area contributed by atoms with Gasteiger partial charge in [0.2, 0.25) is 0 Å². The summed E-state index contributed by atoms with van der Waals surface area (Å²) >= 11 is 0. The summed E-state index contributed by atoms with van der Waals surface area (Å²) in [6, 6.07) is 5.23. The van der Waals surface area contributed by atoms with Gasteiger partial charge in [0.25, 0.3) is 15.7 Å². The van der Waals surface area contributed by atoms with E-state index in [9.17, 15) is 26.4 Å². The maximum atomic E-state index is 12.4. The van der Waals surface area contributed by atoms with E-state index < -0.39 is 26.1 Å². The zero-order valence-electron chi connectivity index (χ0n) is 11.8. The Kier molecular flexibility index (Phi) is 4.46. The summed E-state index contributed by atoms with van der Waals surface area (Å²) in [6.45, 7) is 2.26. The van der Waals surface area contributed by atoms with Gasteiger partial charge in [-0.25, -0.2) is 8.42 Å². The first-order valence-electron chi connectivity index (χ1n) is 6.41. The molecule has 1 N–H and O–H groups in total. The van der Waals surface area contributed by atoms with E-state index in [2.05, 4.69) is 10.4 Å². The predicted molar refractivity (Wildman–Crippen MR) is 75.5 cm³/mol. The van der Waals surface area contributed by atoms with Crippen LogP contribution >= 0.6 is 0 Å². The maximum Gasteiger partial charge on any atom is 0.501 e. The minimum atomic E-state index is -5.40. The molecule has 1 aromatic heterocycles. The Morgan fingerprint density at radius 2 is 1.83 bits per heavy atom. The number of nitrogens with one attached hydrogen (secondary N) is 1. The van der Waals surface area contributed by atoms with Crippen molar-refractivity contribution >= 4 is 21.4 Å². The zero-order valence-corrected chi connectivity index (χ0v) is 12.6. The third kappa shape index (κ3) is 3.36. The van der Waals surface area contributed by atoms with E-state index in [0.717, 1.165) is 24.3 Å². The number of nitrogens with zero attached hydrogens (tertiary/aromatic N) is 2. The highest BCUT2D eigenvalue weighted by Gasteiger charge is 2.46. The van der Waals surface area contributed by atoms with Crippen molar-refractivity contribution in [3.8, 4) is 0 Å². The summed E-state index contributed by atoms with van der Waals surface area (Å²) in [6.07, 6.45) is 1.44. The average molecular weight is 347 g/mol. The van der Waals surface area contributed by atoms with Gasteiger partial charge in [-0.1, -0.05) is 0 Å². The van der Waals surface area contributed by atoms with Gasteiger partial charge in [0.15, 0.2) is 0 Å². The van der Waals surface area contributed by atoms with Crippen molar-refractivity contribution in [1.82, 2.24) is 9.78 Å². The van der Waals surface area contributed by atoms with Gasteiger partial charge in [0.05, 0.1) is 4.90 Å². The second-order valence-corrected chi connectivity index (χ2v) is 6.40. The summed E-state index contributed by atoms with van der Waals surface area (Å²) in [5.74, 6) is -0.504. The standard InChI is InChI=1S/C13H12F3N3O3S/c1-2-19-11(7-8-17-19)12(20)18-9-3-5-10(6-4-9)23(21,22)13(14,15)16/h3-8H,2H2,1H3,(H,18,20). The molecular weight excluding hydrogens is 335 g/mol. The molecule has 23 heavy (non-hydrogen) atoms. The Bertz CT molecular complexity index is 811. The summed E-state index contributed by atoms with van der Waals surface area (Å²) in [5, 5.41) is 6.38. The van der Waals surface area contributed by atoms with Gasteiger partial charge >= 0.3 is 5.51 Å². The van der Waals surface area contributed by atoms with E-state index in [4.69, 9.17) is 0 Å². The number of aromatic nitrogens is 2. The third-order valence-corrected chi connectivity index (χ3v) is 4.48. The van der Waals surface area contributed by atoms with Crippen LogP contribution in [0.2, 0.25) is 0 Å². The molecule has 6 nitrogen and oxygen atoms in total. The molecule has 0 atom stereocenters. The van der Waals surface area contributed by atoms with Crippen LogP contribution in [0.15, 0.2) is 41.4 Å². The molecule has 2 aromatic rings. The molecule has 124 valence electrons. The van der Waals surface area contributed by atoms with Gasteiger partial charge in [-0.3, -0.25) is 9.48 Å². The molecule has 0 spiro atoms. The number of sulfone groups is 1. The van der Waals surface area contributed by atoms with E-state index >= 15 is 0 Å². The molecule has 0 aliphatic heterocycles. The van der Waals surface area contributed by atoms with Crippen LogP contribution in [0.1, 0.15) is 17.4 Å². The number of carbonyl (C=O) groups excluding carboxylic acids is 1. The Hall–Kier alpha value is -2.36. The molecule has 0 aliphatic carbocycles. The van der Waals surface area contributed by atoms with Gasteiger partial charge in [0, 0.05) is 18.4 Å². The Balaban J connectivity index is 2.20. The molecule has 1 amide bonds. The first kappa shape index (κ1) is 17.0. The summed E-state index contributed by atoms with van der Waals surface area (Å²) in [5.41, 5.74) is -4.93. The Labute approximate surface area is 129 Å². The van der Waals surface area contributed by atoms with Crippen LogP contribution in [0.25, 0.3) is 0 Å². The van der Waals surface area contributed by atoms with Crippen LogP contribution in [0.3, 0.4) is 0 Å². The lowest BCUT2D eigenvalue weighted by Gasteiger charge is -2.10. The molecule has 2 rings (SSSR count). The number of amides is 1. The first-order chi connectivity index (χ1) is 10.7. The molecule has 0 bridgehead atoms. The largest absolute Gasteiger partial charge is 0.501 e. The quantitative estimate of drug-likeness (QED) is 0.921. The molecule has 10 heteroatoms. The van der Waals surface area contributed by atoms with Gasteiger partial charge in [0.1, 0.15) is 5.69 Å². The van der Waals surface area contributed by atoms with E-state index in [1.807, 2.05) is 0 Å². The molecule has 0 unspecified atom stereocenters. The molecule has 1 aromatic carbocycles. The molecule has 0 saturated heterocycles. The van der Waals surface area contributed by atoms with Gasteiger partial charge in [-0.2, -0.15) is 18.3 Å². The molecule has 0 aliphatic rings. The minimum Gasteiger partial charge on any atom is -0.321 e. The van der Waals surface area contributed by atoms with Crippen molar-refractivity contribution in [2.45, 2.75) is 23.9 Å². The number of carbonyl (C=O) groups is 1. The average Bonchev–Trinajstić information content (AvgIpc) is 2.95. The van der Waals surface area contributed by atoms with Crippen molar-refractivity contribution in [2.75, 3.05) is 5.32 Å². The summed E-state index contributed by atoms with van der Waals surface area (Å²) in [7, 11) is -5.40. The number of anilines is 1. The number of halogens is 3. The number of hydrogen-bond acceptors (Lipinski definition) is 4. The molecule has 0 radical (unpaired) electrons. The lowest BCUT2D eigenvalue weighted by molar-refractivity contribution is -0.0436. The smallest absolute Gasteiger partial charge is 0.321 e. The fourth-order valence-electron chi connectivity index (χ4n) is 1.82. The molecule has 1 heterocycles. The van der Waals surface area contributed by atoms with Crippen LogP contribution in [-0.4, -0.2) is 29.6 Å². The number of rotatable bonds is 4. The second-order valence-electron chi connectivity index (χ2n) is 4.46. The lowest BCUT2D eigenvalue weighted by atomic mass is 10.3. The SMILES string of the molecule is CCn1nccc1C(=O)Nc1ccc(S(=O)(=O)C(F)(F)F)cc1. The summed E-state index contributed by atoms with van der Waals surface area (Å²) in [4.78, 5) is 11.1. The van der Waals surface area contributed by atoms with E-state index in [1.54, 1.807) is 6.92 Å². The number of hydrogen-bond donors (Lipinski definition) is 1. The highest BCUT2D eigenvalue weighted by molar-refractivity contribution is 7.92. The van der Waals surface area contributed by atoms with Crippen molar-refractivity contribution in [2.24, 2.45) is 0 Å². The minimum absolute atomic E-state index is 0.167. The van der Waals surface area contributed by atoms with Crippen molar-refractivity contribution in [1.29, 1.82) is 0 Å². The van der Waals surface area contributed by atoms with E-state index in [0.29, 0.717) is 6.54 Å². The second kappa shape index (κ2) is 6.03. The zero-order chi connectivity index (χ0) is 17.3. The summed E-state index contributed by atoms with van der Waals surface area (Å²) < 4.78 is 61.2. The number of aryl methyl sites for hydroxylation is 1. The van der Waals surface area contributed by atoms with E-state index in [-0.39, 0.29) is 11.4 Å². The van der Waals surface area contributed by atoms with Crippen LogP contribution in [0, 0.1) is 0 Å². The highest BCUT2D eigenvalue weighted by atomic mass is 32.2. The van der Waals surface area contributed by atoms with E-state index in [1.165, 1.54) is 16.9 Å². The topological polar surface area (TPSA) is 81.1 Å². The van der Waals surface area contributed by atoms with Crippen LogP contribution < -0.4 is 5.32 Å². The number of alkyl halides is 3. The molecule has 0 saturated carbocycles. The van der Waals surface area contributed by atoms with Crippen LogP contribution in [0.5, 0.6) is 0 Å². The van der Waals surface area contributed by atoms with Crippen LogP contribution in [0.4, 0.5) is 18.9 Å². The fourth-order valence-corrected chi connectivity index (χ4v) is 2.59. The maximum absolute atomic E-state index is 12.4. The Morgan fingerprint density at radius 1 is 1.22 bits per heavy atom. The van der Waals surface area contributed by atoms with Crippen molar-refractivity contribution in [3.63, 3.8) is 0 Å². The molecular formula is C13H12F3N3O3S. The van der Waals surface area contributed by atoms with Crippen LogP contribution in [-0.2, 0) is 16.4 Å². The normalized spacial score (nSPS) is 12.2. The van der Waals surface area contributed by atoms with Gasteiger partial charge in [-0.15, -0.1) is 0 Å². The molecule has 0 fully saturated rings. The first-order valence-corrected chi connectivity index (χ1v) is 7.89. The fraction of sp³-hybridized carbons (Fsp3) is 0.231. The highest BCUT2D eigenvalue weighted by Crippen LogP contribution is 2.30. The Morgan fingerprint density at radius 3 is 2.35 bits per heavy atom. The monoisotopic (exact) mass is 347 g/mol.